The molecule has 0 atom stereocenters. The Morgan fingerprint density at radius 1 is 1.29 bits per heavy atom. The van der Waals surface area contributed by atoms with E-state index in [1.165, 1.54) is 12.1 Å². The van der Waals surface area contributed by atoms with Crippen LogP contribution < -0.4 is 4.72 Å². The highest BCUT2D eigenvalue weighted by Crippen LogP contribution is 2.12. The molecule has 0 radical (unpaired) electrons. The molecule has 2 rings (SSSR count). The van der Waals surface area contributed by atoms with Crippen molar-refractivity contribution in [3.63, 3.8) is 0 Å². The van der Waals surface area contributed by atoms with E-state index in [0.29, 0.717) is 6.42 Å². The van der Waals surface area contributed by atoms with Gasteiger partial charge in [-0.05, 0) is 24.1 Å². The van der Waals surface area contributed by atoms with Gasteiger partial charge in [0, 0.05) is 6.42 Å². The Kier molecular flexibility index (Phi) is 4.66. The van der Waals surface area contributed by atoms with Gasteiger partial charge in [0.1, 0.15) is 0 Å². The molecule has 2 aromatic rings. The molecule has 21 heavy (non-hydrogen) atoms. The Hall–Kier alpha value is -2.26. The second-order valence-electron chi connectivity index (χ2n) is 4.21. The minimum atomic E-state index is -3.67. The van der Waals surface area contributed by atoms with E-state index in [0.717, 1.165) is 12.0 Å². The highest BCUT2D eigenvalue weighted by molar-refractivity contribution is 7.89. The largest absolute Gasteiger partial charge is 0.481 e. The van der Waals surface area contributed by atoms with Crippen LogP contribution in [0.15, 0.2) is 40.1 Å². The summed E-state index contributed by atoms with van der Waals surface area (Å²) in [6, 6.07) is 6.03. The molecule has 0 unspecified atom stereocenters. The van der Waals surface area contributed by atoms with Crippen LogP contribution in [0.3, 0.4) is 0 Å². The van der Waals surface area contributed by atoms with E-state index in [1.54, 1.807) is 12.1 Å². The molecular weight excluding hydrogens is 298 g/mol. The molecule has 1 aromatic heterocycles. The van der Waals surface area contributed by atoms with Crippen LogP contribution in [-0.4, -0.2) is 29.6 Å². The molecule has 0 amide bonds. The molecule has 2 N–H and O–H groups in total. The number of hydrogen-bond acceptors (Lipinski definition) is 6. The Morgan fingerprint density at radius 3 is 2.57 bits per heavy atom. The third-order valence-corrected chi connectivity index (χ3v) is 4.11. The molecular formula is C12H13N3O5S. The van der Waals surface area contributed by atoms with Crippen LogP contribution in [0.4, 0.5) is 0 Å². The maximum Gasteiger partial charge on any atom is 0.303 e. The summed E-state index contributed by atoms with van der Waals surface area (Å²) in [6.07, 6.45) is 1.47. The van der Waals surface area contributed by atoms with E-state index in [1.807, 2.05) is 0 Å². The lowest BCUT2D eigenvalue weighted by Crippen LogP contribution is -2.23. The van der Waals surface area contributed by atoms with Crippen molar-refractivity contribution in [3.8, 4) is 0 Å². The lowest BCUT2D eigenvalue weighted by atomic mass is 10.1. The van der Waals surface area contributed by atoms with Gasteiger partial charge in [0.05, 0.1) is 11.4 Å². The number of rotatable bonds is 7. The summed E-state index contributed by atoms with van der Waals surface area (Å²) in [4.78, 5) is 14.3. The maximum atomic E-state index is 12.0. The zero-order chi connectivity index (χ0) is 15.3. The van der Waals surface area contributed by atoms with Gasteiger partial charge >= 0.3 is 5.97 Å². The summed E-state index contributed by atoms with van der Waals surface area (Å²) < 4.78 is 30.9. The zero-order valence-electron chi connectivity index (χ0n) is 10.9. The van der Waals surface area contributed by atoms with Crippen molar-refractivity contribution in [2.75, 3.05) is 0 Å². The summed E-state index contributed by atoms with van der Waals surface area (Å²) in [5.41, 5.74) is 0.759. The number of carboxylic acids is 1. The number of sulfonamides is 1. The summed E-state index contributed by atoms with van der Waals surface area (Å²) in [5.74, 6) is -0.662. The lowest BCUT2D eigenvalue weighted by Gasteiger charge is -2.06. The first-order valence-electron chi connectivity index (χ1n) is 6.03. The van der Waals surface area contributed by atoms with Gasteiger partial charge in [0.2, 0.25) is 16.4 Å². The SMILES string of the molecule is O=C(O)CCc1ccc(S(=O)(=O)NCc2ncon2)cc1. The predicted molar refractivity (Wildman–Crippen MR) is 70.7 cm³/mol. The molecule has 0 aliphatic heterocycles. The maximum absolute atomic E-state index is 12.0. The summed E-state index contributed by atoms with van der Waals surface area (Å²) in [7, 11) is -3.67. The van der Waals surface area contributed by atoms with Gasteiger partial charge in [-0.25, -0.2) is 13.1 Å². The molecule has 112 valence electrons. The average molecular weight is 311 g/mol. The fourth-order valence-electron chi connectivity index (χ4n) is 1.60. The Morgan fingerprint density at radius 2 is 2.00 bits per heavy atom. The normalized spacial score (nSPS) is 11.4. The van der Waals surface area contributed by atoms with E-state index in [-0.39, 0.29) is 23.7 Å². The van der Waals surface area contributed by atoms with Crippen molar-refractivity contribution in [2.24, 2.45) is 0 Å². The summed E-state index contributed by atoms with van der Waals surface area (Å²) >= 11 is 0. The van der Waals surface area contributed by atoms with E-state index < -0.39 is 16.0 Å². The van der Waals surface area contributed by atoms with Crippen LogP contribution in [0, 0.1) is 0 Å². The number of benzene rings is 1. The van der Waals surface area contributed by atoms with Crippen LogP contribution in [0.5, 0.6) is 0 Å². The van der Waals surface area contributed by atoms with Gasteiger partial charge in [0.15, 0.2) is 5.82 Å². The van der Waals surface area contributed by atoms with Gasteiger partial charge in [0.25, 0.3) is 0 Å². The molecule has 9 heteroatoms. The van der Waals surface area contributed by atoms with Crippen LogP contribution >= 0.6 is 0 Å². The minimum absolute atomic E-state index is 0.00216. The molecule has 0 spiro atoms. The number of aromatic nitrogens is 2. The summed E-state index contributed by atoms with van der Waals surface area (Å²) in [5, 5.41) is 12.1. The van der Waals surface area contributed by atoms with Crippen LogP contribution in [0.2, 0.25) is 0 Å². The van der Waals surface area contributed by atoms with Crippen LogP contribution in [0.25, 0.3) is 0 Å². The monoisotopic (exact) mass is 311 g/mol. The number of aliphatic carboxylic acids is 1. The highest BCUT2D eigenvalue weighted by atomic mass is 32.2. The fraction of sp³-hybridized carbons (Fsp3) is 0.250. The van der Waals surface area contributed by atoms with E-state index in [4.69, 9.17) is 5.11 Å². The molecule has 0 fully saturated rings. The Bertz CT molecular complexity index is 695. The van der Waals surface area contributed by atoms with Gasteiger partial charge < -0.3 is 9.63 Å². The van der Waals surface area contributed by atoms with Crippen molar-refractivity contribution in [2.45, 2.75) is 24.3 Å². The quantitative estimate of drug-likeness (QED) is 0.766. The summed E-state index contributed by atoms with van der Waals surface area (Å²) in [6.45, 7) is -0.0698. The van der Waals surface area contributed by atoms with Crippen molar-refractivity contribution >= 4 is 16.0 Å². The number of nitrogens with zero attached hydrogens (tertiary/aromatic N) is 2. The van der Waals surface area contributed by atoms with Crippen molar-refractivity contribution < 1.29 is 22.8 Å². The fourth-order valence-corrected chi connectivity index (χ4v) is 2.58. The topological polar surface area (TPSA) is 122 Å². The van der Waals surface area contributed by atoms with Crippen molar-refractivity contribution in [1.82, 2.24) is 14.9 Å². The molecule has 0 saturated carbocycles. The molecule has 0 aliphatic carbocycles. The van der Waals surface area contributed by atoms with E-state index >= 15 is 0 Å². The molecule has 1 heterocycles. The standard InChI is InChI=1S/C12H13N3O5S/c16-12(17)6-3-9-1-4-10(5-2-9)21(18,19)14-7-11-13-8-20-15-11/h1-2,4-5,8,14H,3,6-7H2,(H,16,17). The molecule has 0 bridgehead atoms. The van der Waals surface area contributed by atoms with Gasteiger partial charge in [-0.2, -0.15) is 4.98 Å². The molecule has 1 aromatic carbocycles. The average Bonchev–Trinajstić information content (AvgIpc) is 2.97. The zero-order valence-corrected chi connectivity index (χ0v) is 11.7. The lowest BCUT2D eigenvalue weighted by molar-refractivity contribution is -0.136. The highest BCUT2D eigenvalue weighted by Gasteiger charge is 2.14. The molecule has 0 aliphatic rings. The van der Waals surface area contributed by atoms with Gasteiger partial charge in [-0.15, -0.1) is 0 Å². The van der Waals surface area contributed by atoms with E-state index in [2.05, 4.69) is 19.4 Å². The number of aryl methyl sites for hydroxylation is 1. The third kappa shape index (κ3) is 4.36. The minimum Gasteiger partial charge on any atom is -0.481 e. The van der Waals surface area contributed by atoms with Crippen LogP contribution in [-0.2, 0) is 27.8 Å². The second-order valence-corrected chi connectivity index (χ2v) is 5.98. The molecule has 8 nitrogen and oxygen atoms in total. The first-order chi connectivity index (χ1) is 9.97. The van der Waals surface area contributed by atoms with Crippen molar-refractivity contribution in [1.29, 1.82) is 0 Å². The Labute approximate surface area is 120 Å². The van der Waals surface area contributed by atoms with Gasteiger partial charge in [-0.1, -0.05) is 17.3 Å². The Balaban J connectivity index is 2.01. The van der Waals surface area contributed by atoms with Gasteiger partial charge in [-0.3, -0.25) is 4.79 Å². The van der Waals surface area contributed by atoms with Crippen molar-refractivity contribution in [3.05, 3.63) is 42.0 Å². The molecule has 0 saturated heterocycles. The third-order valence-electron chi connectivity index (χ3n) is 2.69. The second kappa shape index (κ2) is 6.46. The number of nitrogens with one attached hydrogen (secondary N) is 1. The van der Waals surface area contributed by atoms with E-state index in [9.17, 15) is 13.2 Å². The first-order valence-corrected chi connectivity index (χ1v) is 7.51. The number of hydrogen-bond donors (Lipinski definition) is 2. The number of carboxylic acid groups (broad SMARTS) is 1. The van der Waals surface area contributed by atoms with Crippen LogP contribution in [0.1, 0.15) is 17.8 Å². The first kappa shape index (κ1) is 15.1. The number of carbonyl (C=O) groups is 1. The smallest absolute Gasteiger partial charge is 0.303 e. The predicted octanol–water partition coefficient (Wildman–Crippen LogP) is 0.565.